The predicted molar refractivity (Wildman–Crippen MR) is 96.4 cm³/mol. The van der Waals surface area contributed by atoms with E-state index in [-0.39, 0.29) is 12.1 Å². The van der Waals surface area contributed by atoms with Crippen LogP contribution >= 0.6 is 0 Å². The van der Waals surface area contributed by atoms with Gasteiger partial charge in [0.25, 0.3) is 0 Å². The van der Waals surface area contributed by atoms with E-state index in [1.54, 1.807) is 4.52 Å². The lowest BCUT2D eigenvalue weighted by Gasteiger charge is -2.09. The van der Waals surface area contributed by atoms with Crippen LogP contribution in [0.3, 0.4) is 0 Å². The molecule has 0 aliphatic rings. The minimum atomic E-state index is -0.958. The molecule has 0 fully saturated rings. The van der Waals surface area contributed by atoms with Gasteiger partial charge in [0.1, 0.15) is 11.3 Å². The zero-order valence-corrected chi connectivity index (χ0v) is 14.2. The third-order valence-corrected chi connectivity index (χ3v) is 4.44. The van der Waals surface area contributed by atoms with E-state index in [1.165, 1.54) is 6.07 Å². The standard InChI is InChI=1S/C18H13F2N7/c1-9-24-25-18-11-5-3-2-4-10(11)17(26-27(9)18)21-8-14-22-13-7-6-12(19)15(20)16(13)23-14/h2-7H,8H2,1H3,(H,21,26)(H,22,23). The highest BCUT2D eigenvalue weighted by Gasteiger charge is 2.14. The summed E-state index contributed by atoms with van der Waals surface area (Å²) < 4.78 is 28.9. The molecular formula is C18H13F2N7. The van der Waals surface area contributed by atoms with Crippen molar-refractivity contribution in [3.05, 3.63) is 59.7 Å². The highest BCUT2D eigenvalue weighted by Crippen LogP contribution is 2.25. The maximum atomic E-state index is 13.9. The first-order chi connectivity index (χ1) is 13.1. The molecule has 0 aliphatic carbocycles. The molecule has 2 aromatic carbocycles. The monoisotopic (exact) mass is 365 g/mol. The number of H-pyrrole nitrogens is 1. The molecule has 27 heavy (non-hydrogen) atoms. The van der Waals surface area contributed by atoms with Gasteiger partial charge in [0.15, 0.2) is 28.9 Å². The fourth-order valence-corrected chi connectivity index (χ4v) is 3.13. The lowest BCUT2D eigenvalue weighted by molar-refractivity contribution is 0.515. The van der Waals surface area contributed by atoms with Crippen molar-refractivity contribution in [1.29, 1.82) is 0 Å². The van der Waals surface area contributed by atoms with Gasteiger partial charge in [-0.3, -0.25) is 0 Å². The molecule has 5 rings (SSSR count). The number of nitrogens with one attached hydrogen (secondary N) is 2. The van der Waals surface area contributed by atoms with E-state index in [0.717, 1.165) is 16.8 Å². The zero-order valence-electron chi connectivity index (χ0n) is 14.2. The molecule has 9 heteroatoms. The quantitative estimate of drug-likeness (QED) is 0.512. The van der Waals surface area contributed by atoms with Crippen LogP contribution in [0, 0.1) is 18.6 Å². The average molecular weight is 365 g/mol. The molecular weight excluding hydrogens is 352 g/mol. The molecule has 3 aromatic heterocycles. The second-order valence-corrected chi connectivity index (χ2v) is 6.17. The maximum Gasteiger partial charge on any atom is 0.186 e. The van der Waals surface area contributed by atoms with Crippen molar-refractivity contribution in [1.82, 2.24) is 29.8 Å². The number of halogens is 2. The molecule has 0 amide bonds. The van der Waals surface area contributed by atoms with E-state index in [4.69, 9.17) is 0 Å². The molecule has 2 N–H and O–H groups in total. The summed E-state index contributed by atoms with van der Waals surface area (Å²) in [6, 6.07) is 10.3. The van der Waals surface area contributed by atoms with Crippen molar-refractivity contribution in [2.24, 2.45) is 0 Å². The van der Waals surface area contributed by atoms with Crippen LogP contribution in [-0.4, -0.2) is 29.8 Å². The third-order valence-electron chi connectivity index (χ3n) is 4.44. The fourth-order valence-electron chi connectivity index (χ4n) is 3.13. The summed E-state index contributed by atoms with van der Waals surface area (Å²) in [4.78, 5) is 7.13. The van der Waals surface area contributed by atoms with E-state index in [1.807, 2.05) is 31.2 Å². The van der Waals surface area contributed by atoms with Crippen LogP contribution in [0.15, 0.2) is 36.4 Å². The Morgan fingerprint density at radius 1 is 1.07 bits per heavy atom. The van der Waals surface area contributed by atoms with Crippen molar-refractivity contribution < 1.29 is 8.78 Å². The predicted octanol–water partition coefficient (Wildman–Crippen LogP) is 3.35. The molecule has 0 spiro atoms. The number of benzene rings is 2. The van der Waals surface area contributed by atoms with E-state index in [0.29, 0.717) is 28.6 Å². The number of hydrogen-bond donors (Lipinski definition) is 2. The van der Waals surface area contributed by atoms with Crippen molar-refractivity contribution in [2.75, 3.05) is 5.32 Å². The van der Waals surface area contributed by atoms with Crippen LogP contribution in [0.2, 0.25) is 0 Å². The minimum absolute atomic E-state index is 0.0188. The summed E-state index contributed by atoms with van der Waals surface area (Å²) in [5, 5.41) is 17.8. The van der Waals surface area contributed by atoms with Gasteiger partial charge in [0.2, 0.25) is 0 Å². The summed E-state index contributed by atoms with van der Waals surface area (Å²) in [6.07, 6.45) is 0. The smallest absolute Gasteiger partial charge is 0.186 e. The summed E-state index contributed by atoms with van der Waals surface area (Å²) in [7, 11) is 0. The van der Waals surface area contributed by atoms with Gasteiger partial charge in [0.05, 0.1) is 12.1 Å². The van der Waals surface area contributed by atoms with Crippen LogP contribution in [0.1, 0.15) is 11.6 Å². The van der Waals surface area contributed by atoms with Crippen LogP contribution < -0.4 is 5.32 Å². The van der Waals surface area contributed by atoms with Crippen molar-refractivity contribution in [3.63, 3.8) is 0 Å². The van der Waals surface area contributed by atoms with Gasteiger partial charge in [-0.15, -0.1) is 15.3 Å². The van der Waals surface area contributed by atoms with Crippen LogP contribution in [0.4, 0.5) is 14.6 Å². The second-order valence-electron chi connectivity index (χ2n) is 6.17. The van der Waals surface area contributed by atoms with E-state index in [9.17, 15) is 8.78 Å². The molecule has 0 radical (unpaired) electrons. The Labute approximate surface area is 151 Å². The number of fused-ring (bicyclic) bond motifs is 4. The van der Waals surface area contributed by atoms with Crippen LogP contribution in [-0.2, 0) is 6.54 Å². The second kappa shape index (κ2) is 5.70. The first-order valence-electron chi connectivity index (χ1n) is 8.29. The van der Waals surface area contributed by atoms with Crippen molar-refractivity contribution in [2.45, 2.75) is 13.5 Å². The lowest BCUT2D eigenvalue weighted by atomic mass is 10.2. The van der Waals surface area contributed by atoms with E-state index < -0.39 is 11.6 Å². The molecule has 7 nitrogen and oxygen atoms in total. The number of aromatic nitrogens is 6. The van der Waals surface area contributed by atoms with E-state index in [2.05, 4.69) is 30.6 Å². The number of anilines is 1. The largest absolute Gasteiger partial charge is 0.361 e. The third kappa shape index (κ3) is 2.39. The summed E-state index contributed by atoms with van der Waals surface area (Å²) in [5.41, 5.74) is 1.10. The number of hydrogen-bond acceptors (Lipinski definition) is 5. The molecule has 0 unspecified atom stereocenters. The Bertz CT molecular complexity index is 1320. The van der Waals surface area contributed by atoms with Crippen molar-refractivity contribution in [3.8, 4) is 0 Å². The van der Waals surface area contributed by atoms with Gasteiger partial charge in [-0.1, -0.05) is 24.3 Å². The highest BCUT2D eigenvalue weighted by atomic mass is 19.2. The maximum absolute atomic E-state index is 13.9. The average Bonchev–Trinajstić information content (AvgIpc) is 3.27. The SMILES string of the molecule is Cc1nnc2c3ccccc3c(NCc3nc4c(F)c(F)ccc4[nH]3)nn12. The normalized spacial score (nSPS) is 11.7. The molecule has 0 saturated heterocycles. The molecule has 134 valence electrons. The Kier molecular flexibility index (Phi) is 3.30. The Morgan fingerprint density at radius 2 is 1.89 bits per heavy atom. The molecule has 3 heterocycles. The Balaban J connectivity index is 1.56. The van der Waals surface area contributed by atoms with Gasteiger partial charge < -0.3 is 10.3 Å². The number of imidazole rings is 1. The molecule has 0 aliphatic heterocycles. The summed E-state index contributed by atoms with van der Waals surface area (Å²) in [5.74, 6) is -0.121. The molecule has 0 saturated carbocycles. The van der Waals surface area contributed by atoms with Crippen molar-refractivity contribution >= 4 is 33.3 Å². The number of aryl methyl sites for hydroxylation is 1. The topological polar surface area (TPSA) is 83.8 Å². The van der Waals surface area contributed by atoms with E-state index >= 15 is 0 Å². The molecule has 0 atom stereocenters. The highest BCUT2D eigenvalue weighted by molar-refractivity contribution is 5.99. The number of aromatic amines is 1. The van der Waals surface area contributed by atoms with Gasteiger partial charge in [-0.2, -0.15) is 4.52 Å². The van der Waals surface area contributed by atoms with Gasteiger partial charge in [-0.25, -0.2) is 13.8 Å². The van der Waals surface area contributed by atoms with Gasteiger partial charge in [0, 0.05) is 10.8 Å². The first kappa shape index (κ1) is 15.6. The lowest BCUT2D eigenvalue weighted by Crippen LogP contribution is -2.07. The molecule has 0 bridgehead atoms. The summed E-state index contributed by atoms with van der Waals surface area (Å²) in [6.45, 7) is 2.08. The first-order valence-corrected chi connectivity index (χ1v) is 8.29. The van der Waals surface area contributed by atoms with Gasteiger partial charge in [-0.05, 0) is 19.1 Å². The Hall–Kier alpha value is -3.62. The Morgan fingerprint density at radius 3 is 2.74 bits per heavy atom. The molecule has 5 aromatic rings. The van der Waals surface area contributed by atoms with Gasteiger partial charge >= 0.3 is 0 Å². The summed E-state index contributed by atoms with van der Waals surface area (Å²) >= 11 is 0. The van der Waals surface area contributed by atoms with Crippen LogP contribution in [0.25, 0.3) is 27.5 Å². The van der Waals surface area contributed by atoms with Crippen LogP contribution in [0.5, 0.6) is 0 Å². The minimum Gasteiger partial charge on any atom is -0.361 e. The number of rotatable bonds is 3. The fraction of sp³-hybridized carbons (Fsp3) is 0.111. The number of nitrogens with zero attached hydrogens (tertiary/aromatic N) is 5. The zero-order chi connectivity index (χ0) is 18.5.